The predicted octanol–water partition coefficient (Wildman–Crippen LogP) is 2.30. The molecule has 5 nitrogen and oxygen atoms in total. The summed E-state index contributed by atoms with van der Waals surface area (Å²) in [5, 5.41) is 3.21. The molecule has 1 rings (SSSR count). The maximum Gasteiger partial charge on any atom is 0.181 e. The third-order valence-electron chi connectivity index (χ3n) is 1.91. The first kappa shape index (κ1) is 12.5. The molecule has 1 aromatic rings. The zero-order valence-electron chi connectivity index (χ0n) is 8.38. The van der Waals surface area contributed by atoms with Crippen LogP contribution in [0.1, 0.15) is 6.42 Å². The van der Waals surface area contributed by atoms with Crippen molar-refractivity contribution in [3.05, 3.63) is 40.5 Å². The van der Waals surface area contributed by atoms with Gasteiger partial charge in [-0.2, -0.15) is 0 Å². The van der Waals surface area contributed by atoms with Crippen LogP contribution in [0.15, 0.2) is 34.3 Å². The van der Waals surface area contributed by atoms with Crippen LogP contribution in [0.3, 0.4) is 0 Å². The summed E-state index contributed by atoms with van der Waals surface area (Å²) in [6, 6.07) is 5.20. The van der Waals surface area contributed by atoms with Crippen molar-refractivity contribution in [1.82, 2.24) is 0 Å². The third-order valence-corrected chi connectivity index (χ3v) is 3.73. The standard InChI is InChI=1S/C9H10FN3O2S/c10-8-4-1-2-5-9(8)16(14,15)7-3-6-12-13-11/h1-2,4-5H,3,6-7H2. The Labute approximate surface area is 92.5 Å². The topological polar surface area (TPSA) is 82.9 Å². The van der Waals surface area contributed by atoms with E-state index in [-0.39, 0.29) is 23.6 Å². The Bertz CT molecular complexity index is 509. The van der Waals surface area contributed by atoms with E-state index in [9.17, 15) is 12.8 Å². The van der Waals surface area contributed by atoms with Gasteiger partial charge in [-0.05, 0) is 24.1 Å². The van der Waals surface area contributed by atoms with Crippen molar-refractivity contribution < 1.29 is 12.8 Å². The minimum absolute atomic E-state index is 0.0875. The number of sulfone groups is 1. The van der Waals surface area contributed by atoms with Crippen molar-refractivity contribution >= 4 is 9.84 Å². The second-order valence-corrected chi connectivity index (χ2v) is 5.13. The van der Waals surface area contributed by atoms with E-state index in [1.165, 1.54) is 18.2 Å². The molecule has 86 valence electrons. The number of hydrogen-bond donors (Lipinski definition) is 0. The van der Waals surface area contributed by atoms with Crippen LogP contribution >= 0.6 is 0 Å². The Hall–Kier alpha value is -1.59. The summed E-state index contributed by atoms with van der Waals surface area (Å²) in [5.41, 5.74) is 8.01. The van der Waals surface area contributed by atoms with E-state index >= 15 is 0 Å². The van der Waals surface area contributed by atoms with E-state index < -0.39 is 15.7 Å². The summed E-state index contributed by atoms with van der Waals surface area (Å²) >= 11 is 0. The number of rotatable bonds is 5. The predicted molar refractivity (Wildman–Crippen MR) is 57.1 cm³/mol. The molecule has 0 spiro atoms. The van der Waals surface area contributed by atoms with Crippen LogP contribution in [0, 0.1) is 5.82 Å². The van der Waals surface area contributed by atoms with Gasteiger partial charge in [0.25, 0.3) is 0 Å². The summed E-state index contributed by atoms with van der Waals surface area (Å²) in [6.07, 6.45) is 0.181. The number of nitrogens with zero attached hydrogens (tertiary/aromatic N) is 3. The van der Waals surface area contributed by atoms with Crippen LogP contribution in [0.4, 0.5) is 4.39 Å². The highest BCUT2D eigenvalue weighted by atomic mass is 32.2. The highest BCUT2D eigenvalue weighted by Crippen LogP contribution is 2.15. The zero-order chi connectivity index (χ0) is 12.0. The van der Waals surface area contributed by atoms with Crippen LogP contribution in [-0.4, -0.2) is 20.7 Å². The fraction of sp³-hybridized carbons (Fsp3) is 0.333. The molecule has 0 N–H and O–H groups in total. The van der Waals surface area contributed by atoms with Crippen LogP contribution in [0.2, 0.25) is 0 Å². The maximum absolute atomic E-state index is 13.2. The van der Waals surface area contributed by atoms with Crippen LogP contribution in [-0.2, 0) is 9.84 Å². The van der Waals surface area contributed by atoms with Crippen molar-refractivity contribution in [1.29, 1.82) is 0 Å². The molecule has 0 heterocycles. The zero-order valence-corrected chi connectivity index (χ0v) is 9.19. The van der Waals surface area contributed by atoms with Crippen LogP contribution in [0.5, 0.6) is 0 Å². The number of halogens is 1. The number of hydrogen-bond acceptors (Lipinski definition) is 3. The highest BCUT2D eigenvalue weighted by Gasteiger charge is 2.17. The Morgan fingerprint density at radius 1 is 1.38 bits per heavy atom. The average molecular weight is 243 g/mol. The van der Waals surface area contributed by atoms with E-state index in [0.29, 0.717) is 0 Å². The van der Waals surface area contributed by atoms with Crippen LogP contribution < -0.4 is 0 Å². The maximum atomic E-state index is 13.2. The van der Waals surface area contributed by atoms with Gasteiger partial charge in [-0.25, -0.2) is 12.8 Å². The Kier molecular flexibility index (Phi) is 4.28. The molecule has 0 aliphatic rings. The molecular weight excluding hydrogens is 233 g/mol. The average Bonchev–Trinajstić information content (AvgIpc) is 2.25. The Morgan fingerprint density at radius 2 is 2.06 bits per heavy atom. The lowest BCUT2D eigenvalue weighted by molar-refractivity contribution is 0.565. The largest absolute Gasteiger partial charge is 0.224 e. The van der Waals surface area contributed by atoms with Gasteiger partial charge in [-0.15, -0.1) is 0 Å². The first-order valence-electron chi connectivity index (χ1n) is 4.56. The molecule has 0 unspecified atom stereocenters. The van der Waals surface area contributed by atoms with Crippen LogP contribution in [0.25, 0.3) is 10.4 Å². The molecule has 16 heavy (non-hydrogen) atoms. The SMILES string of the molecule is [N-]=[N+]=NCCCS(=O)(=O)c1ccccc1F. The van der Waals surface area contributed by atoms with Gasteiger partial charge in [0.15, 0.2) is 9.84 Å². The van der Waals surface area contributed by atoms with Gasteiger partial charge >= 0.3 is 0 Å². The summed E-state index contributed by atoms with van der Waals surface area (Å²) in [4.78, 5) is 2.19. The van der Waals surface area contributed by atoms with Crippen molar-refractivity contribution in [3.63, 3.8) is 0 Å². The summed E-state index contributed by atoms with van der Waals surface area (Å²) in [6.45, 7) is 0.0875. The van der Waals surface area contributed by atoms with E-state index in [2.05, 4.69) is 10.0 Å². The van der Waals surface area contributed by atoms with Gasteiger partial charge in [0.05, 0.1) is 5.75 Å². The van der Waals surface area contributed by atoms with Gasteiger partial charge in [-0.3, -0.25) is 0 Å². The highest BCUT2D eigenvalue weighted by molar-refractivity contribution is 7.91. The first-order chi connectivity index (χ1) is 7.58. The van der Waals surface area contributed by atoms with Gasteiger partial charge in [0.1, 0.15) is 10.7 Å². The summed E-state index contributed by atoms with van der Waals surface area (Å²) < 4.78 is 36.5. The molecule has 0 bridgehead atoms. The molecule has 0 aliphatic heterocycles. The van der Waals surface area contributed by atoms with Gasteiger partial charge in [0, 0.05) is 11.5 Å². The minimum Gasteiger partial charge on any atom is -0.224 e. The molecule has 0 amide bonds. The van der Waals surface area contributed by atoms with Crippen molar-refractivity contribution in [2.45, 2.75) is 11.3 Å². The van der Waals surface area contributed by atoms with Crippen molar-refractivity contribution in [3.8, 4) is 0 Å². The van der Waals surface area contributed by atoms with E-state index in [1.54, 1.807) is 0 Å². The molecule has 1 aromatic carbocycles. The smallest absolute Gasteiger partial charge is 0.181 e. The van der Waals surface area contributed by atoms with Gasteiger partial charge < -0.3 is 0 Å². The fourth-order valence-electron chi connectivity index (χ4n) is 1.18. The first-order valence-corrected chi connectivity index (χ1v) is 6.21. The lowest BCUT2D eigenvalue weighted by Crippen LogP contribution is -2.09. The lowest BCUT2D eigenvalue weighted by Gasteiger charge is -2.03. The summed E-state index contributed by atoms with van der Waals surface area (Å²) in [5.74, 6) is -0.987. The monoisotopic (exact) mass is 243 g/mol. The molecule has 0 aliphatic carbocycles. The van der Waals surface area contributed by atoms with Crippen molar-refractivity contribution in [2.75, 3.05) is 12.3 Å². The molecule has 0 saturated heterocycles. The van der Waals surface area contributed by atoms with E-state index in [0.717, 1.165) is 6.07 Å². The molecule has 7 heteroatoms. The minimum atomic E-state index is -3.63. The number of azide groups is 1. The lowest BCUT2D eigenvalue weighted by atomic mass is 10.3. The second kappa shape index (κ2) is 5.48. The number of benzene rings is 1. The van der Waals surface area contributed by atoms with Gasteiger partial charge in [0.2, 0.25) is 0 Å². The Morgan fingerprint density at radius 3 is 2.69 bits per heavy atom. The molecule has 0 radical (unpaired) electrons. The molecule has 0 aromatic heterocycles. The van der Waals surface area contributed by atoms with E-state index in [1.807, 2.05) is 0 Å². The quantitative estimate of drug-likeness (QED) is 0.344. The van der Waals surface area contributed by atoms with Gasteiger partial charge in [-0.1, -0.05) is 17.2 Å². The molecule has 0 atom stereocenters. The third kappa shape index (κ3) is 3.22. The Balaban J connectivity index is 2.79. The molecular formula is C9H10FN3O2S. The summed E-state index contributed by atoms with van der Waals surface area (Å²) in [7, 11) is -3.63. The van der Waals surface area contributed by atoms with Crippen molar-refractivity contribution in [2.24, 2.45) is 5.11 Å². The van der Waals surface area contributed by atoms with E-state index in [4.69, 9.17) is 5.53 Å². The molecule has 0 saturated carbocycles. The second-order valence-electron chi connectivity index (χ2n) is 3.06. The fourth-order valence-corrected chi connectivity index (χ4v) is 2.56. The molecule has 0 fully saturated rings. The normalized spacial score (nSPS) is 10.8.